The SMILES string of the molecule is CC(C)(C)C/C=C/COc1ccncc1. The molecule has 1 rings (SSSR count). The second-order valence-corrected chi connectivity index (χ2v) is 4.73. The van der Waals surface area contributed by atoms with Crippen LogP contribution >= 0.6 is 0 Å². The zero-order valence-electron chi connectivity index (χ0n) is 9.73. The van der Waals surface area contributed by atoms with Crippen LogP contribution in [0.2, 0.25) is 0 Å². The van der Waals surface area contributed by atoms with Gasteiger partial charge in [-0.2, -0.15) is 0 Å². The standard InChI is InChI=1S/C13H19NO/c1-13(2,3)8-4-5-11-15-12-6-9-14-10-7-12/h4-7,9-10H,8,11H2,1-3H3/b5-4+. The lowest BCUT2D eigenvalue weighted by molar-refractivity contribution is 0.360. The second kappa shape index (κ2) is 5.54. The van der Waals surface area contributed by atoms with Gasteiger partial charge >= 0.3 is 0 Å². The van der Waals surface area contributed by atoms with E-state index in [1.165, 1.54) is 0 Å². The molecule has 1 aromatic rings. The molecule has 0 saturated heterocycles. The maximum atomic E-state index is 5.49. The van der Waals surface area contributed by atoms with Gasteiger partial charge in [-0.1, -0.05) is 32.9 Å². The summed E-state index contributed by atoms with van der Waals surface area (Å²) in [5.41, 5.74) is 0.354. The summed E-state index contributed by atoms with van der Waals surface area (Å²) < 4.78 is 5.49. The van der Waals surface area contributed by atoms with Crippen molar-refractivity contribution in [3.8, 4) is 5.75 Å². The first-order chi connectivity index (χ1) is 7.08. The van der Waals surface area contributed by atoms with Crippen molar-refractivity contribution in [1.82, 2.24) is 4.98 Å². The lowest BCUT2D eigenvalue weighted by atomic mass is 9.92. The van der Waals surface area contributed by atoms with Gasteiger partial charge < -0.3 is 4.74 Å². The number of rotatable bonds is 4. The lowest BCUT2D eigenvalue weighted by Gasteiger charge is -2.14. The van der Waals surface area contributed by atoms with Gasteiger partial charge in [0.15, 0.2) is 0 Å². The van der Waals surface area contributed by atoms with E-state index in [1.54, 1.807) is 12.4 Å². The normalized spacial score (nSPS) is 11.9. The second-order valence-electron chi connectivity index (χ2n) is 4.73. The van der Waals surface area contributed by atoms with Crippen molar-refractivity contribution in [1.29, 1.82) is 0 Å². The smallest absolute Gasteiger partial charge is 0.122 e. The Hall–Kier alpha value is -1.31. The predicted molar refractivity (Wildman–Crippen MR) is 62.9 cm³/mol. The van der Waals surface area contributed by atoms with Gasteiger partial charge in [0, 0.05) is 12.4 Å². The highest BCUT2D eigenvalue weighted by Crippen LogP contribution is 2.18. The third-order valence-electron chi connectivity index (χ3n) is 1.89. The fourth-order valence-corrected chi connectivity index (χ4v) is 1.08. The zero-order chi connectivity index (χ0) is 11.1. The molecule has 0 atom stereocenters. The van der Waals surface area contributed by atoms with Crippen molar-refractivity contribution >= 4 is 0 Å². The summed E-state index contributed by atoms with van der Waals surface area (Å²) in [4.78, 5) is 3.92. The van der Waals surface area contributed by atoms with Gasteiger partial charge in [-0.3, -0.25) is 4.98 Å². The maximum Gasteiger partial charge on any atom is 0.122 e. The fraction of sp³-hybridized carbons (Fsp3) is 0.462. The van der Waals surface area contributed by atoms with Gasteiger partial charge in [-0.15, -0.1) is 0 Å². The molecule has 0 bridgehead atoms. The molecule has 0 N–H and O–H groups in total. The molecular weight excluding hydrogens is 186 g/mol. The third kappa shape index (κ3) is 5.89. The average Bonchev–Trinajstić information content (AvgIpc) is 2.17. The predicted octanol–water partition coefficient (Wildman–Crippen LogP) is 3.45. The zero-order valence-corrected chi connectivity index (χ0v) is 9.73. The monoisotopic (exact) mass is 205 g/mol. The van der Waals surface area contributed by atoms with Crippen LogP contribution in [0.4, 0.5) is 0 Å². The largest absolute Gasteiger partial charge is 0.489 e. The van der Waals surface area contributed by atoms with E-state index in [-0.39, 0.29) is 0 Å². The highest BCUT2D eigenvalue weighted by atomic mass is 16.5. The average molecular weight is 205 g/mol. The molecule has 0 unspecified atom stereocenters. The highest BCUT2D eigenvalue weighted by molar-refractivity contribution is 5.17. The van der Waals surface area contributed by atoms with Crippen LogP contribution in [0.15, 0.2) is 36.7 Å². The molecule has 1 aromatic heterocycles. The number of nitrogens with zero attached hydrogens (tertiary/aromatic N) is 1. The summed E-state index contributed by atoms with van der Waals surface area (Å²) in [5.74, 6) is 0.866. The molecule has 15 heavy (non-hydrogen) atoms. The summed E-state index contributed by atoms with van der Waals surface area (Å²) in [6.07, 6.45) is 8.77. The molecule has 0 aliphatic carbocycles. The molecule has 0 aliphatic heterocycles. The van der Waals surface area contributed by atoms with Crippen LogP contribution < -0.4 is 4.74 Å². The first kappa shape index (κ1) is 11.8. The highest BCUT2D eigenvalue weighted by Gasteiger charge is 2.05. The Morgan fingerprint density at radius 3 is 2.47 bits per heavy atom. The van der Waals surface area contributed by atoms with Crippen LogP contribution in [0.1, 0.15) is 27.2 Å². The van der Waals surface area contributed by atoms with Gasteiger partial charge in [-0.05, 0) is 24.0 Å². The summed E-state index contributed by atoms with van der Waals surface area (Å²) in [6, 6.07) is 3.72. The molecule has 0 radical (unpaired) electrons. The van der Waals surface area contributed by atoms with Crippen LogP contribution in [0.5, 0.6) is 5.75 Å². The van der Waals surface area contributed by atoms with E-state index in [2.05, 4.69) is 37.9 Å². The Bertz CT molecular complexity index is 298. The first-order valence-electron chi connectivity index (χ1n) is 5.26. The molecule has 0 saturated carbocycles. The van der Waals surface area contributed by atoms with E-state index < -0.39 is 0 Å². The topological polar surface area (TPSA) is 22.1 Å². The van der Waals surface area contributed by atoms with Gasteiger partial charge in [0.25, 0.3) is 0 Å². The van der Waals surface area contributed by atoms with Crippen LogP contribution in [0.25, 0.3) is 0 Å². The molecular formula is C13H19NO. The Morgan fingerprint density at radius 2 is 1.87 bits per heavy atom. The number of aromatic nitrogens is 1. The number of ether oxygens (including phenoxy) is 1. The fourth-order valence-electron chi connectivity index (χ4n) is 1.08. The summed E-state index contributed by atoms with van der Waals surface area (Å²) in [5, 5.41) is 0. The van der Waals surface area contributed by atoms with Crippen molar-refractivity contribution in [3.63, 3.8) is 0 Å². The Balaban J connectivity index is 2.22. The van der Waals surface area contributed by atoms with E-state index in [0.29, 0.717) is 12.0 Å². The van der Waals surface area contributed by atoms with E-state index in [0.717, 1.165) is 12.2 Å². The van der Waals surface area contributed by atoms with Gasteiger partial charge in [0.05, 0.1) is 0 Å². The molecule has 0 fully saturated rings. The van der Waals surface area contributed by atoms with E-state index >= 15 is 0 Å². The minimum atomic E-state index is 0.354. The Labute approximate surface area is 92.0 Å². The van der Waals surface area contributed by atoms with E-state index in [4.69, 9.17) is 4.74 Å². The first-order valence-corrected chi connectivity index (χ1v) is 5.26. The van der Waals surface area contributed by atoms with Crippen LogP contribution in [0.3, 0.4) is 0 Å². The molecule has 0 aromatic carbocycles. The van der Waals surface area contributed by atoms with Gasteiger partial charge in [0.2, 0.25) is 0 Å². The van der Waals surface area contributed by atoms with Crippen molar-refractivity contribution in [2.45, 2.75) is 27.2 Å². The molecule has 2 nitrogen and oxygen atoms in total. The van der Waals surface area contributed by atoms with E-state index in [9.17, 15) is 0 Å². The Kier molecular flexibility index (Phi) is 4.35. The number of allylic oxidation sites excluding steroid dienone is 1. The maximum absolute atomic E-state index is 5.49. The third-order valence-corrected chi connectivity index (χ3v) is 1.89. The number of pyridine rings is 1. The van der Waals surface area contributed by atoms with Crippen LogP contribution in [-0.2, 0) is 0 Å². The minimum Gasteiger partial charge on any atom is -0.489 e. The summed E-state index contributed by atoms with van der Waals surface area (Å²) in [7, 11) is 0. The molecule has 0 amide bonds. The molecule has 2 heteroatoms. The van der Waals surface area contributed by atoms with Crippen LogP contribution in [0, 0.1) is 5.41 Å². The summed E-state index contributed by atoms with van der Waals surface area (Å²) >= 11 is 0. The minimum absolute atomic E-state index is 0.354. The van der Waals surface area contributed by atoms with Crippen molar-refractivity contribution in [2.75, 3.05) is 6.61 Å². The van der Waals surface area contributed by atoms with Crippen molar-refractivity contribution in [2.24, 2.45) is 5.41 Å². The number of hydrogen-bond donors (Lipinski definition) is 0. The lowest BCUT2D eigenvalue weighted by Crippen LogP contribution is -2.02. The quantitative estimate of drug-likeness (QED) is 0.702. The van der Waals surface area contributed by atoms with Gasteiger partial charge in [0.1, 0.15) is 12.4 Å². The molecule has 82 valence electrons. The molecule has 1 heterocycles. The van der Waals surface area contributed by atoms with E-state index in [1.807, 2.05) is 12.1 Å². The van der Waals surface area contributed by atoms with Gasteiger partial charge in [-0.25, -0.2) is 0 Å². The Morgan fingerprint density at radius 1 is 1.20 bits per heavy atom. The number of hydrogen-bond acceptors (Lipinski definition) is 2. The van der Waals surface area contributed by atoms with Crippen LogP contribution in [-0.4, -0.2) is 11.6 Å². The molecule has 0 aliphatic rings. The summed E-state index contributed by atoms with van der Waals surface area (Å²) in [6.45, 7) is 7.29. The van der Waals surface area contributed by atoms with Crippen molar-refractivity contribution in [3.05, 3.63) is 36.7 Å². The van der Waals surface area contributed by atoms with Crippen molar-refractivity contribution < 1.29 is 4.74 Å². The molecule has 0 spiro atoms.